The first-order chi connectivity index (χ1) is 8.99. The van der Waals surface area contributed by atoms with Crippen molar-refractivity contribution in [3.05, 3.63) is 32.8 Å². The molecule has 1 aromatic carbocycles. The summed E-state index contributed by atoms with van der Waals surface area (Å²) in [6.45, 7) is 4.49. The van der Waals surface area contributed by atoms with E-state index in [9.17, 15) is 10.1 Å². The van der Waals surface area contributed by atoms with Gasteiger partial charge < -0.3 is 5.32 Å². The lowest BCUT2D eigenvalue weighted by atomic mass is 9.78. The molecule has 0 heterocycles. The van der Waals surface area contributed by atoms with Gasteiger partial charge in [0.05, 0.1) is 4.92 Å². The quantitative estimate of drug-likeness (QED) is 0.652. The van der Waals surface area contributed by atoms with E-state index in [1.165, 1.54) is 12.8 Å². The molecule has 5 heteroatoms. The van der Waals surface area contributed by atoms with E-state index in [4.69, 9.17) is 0 Å². The Labute approximate surface area is 121 Å². The lowest BCUT2D eigenvalue weighted by molar-refractivity contribution is -0.384. The Morgan fingerprint density at radius 1 is 1.37 bits per heavy atom. The molecule has 2 rings (SSSR count). The molecule has 0 saturated heterocycles. The molecular formula is C14H19BrN2O2. The highest BCUT2D eigenvalue weighted by atomic mass is 79.9. The van der Waals surface area contributed by atoms with Crippen LogP contribution < -0.4 is 5.32 Å². The Hall–Kier alpha value is -1.10. The molecule has 19 heavy (non-hydrogen) atoms. The van der Waals surface area contributed by atoms with Crippen LogP contribution in [0.15, 0.2) is 22.7 Å². The summed E-state index contributed by atoms with van der Waals surface area (Å²) in [4.78, 5) is 10.7. The molecule has 0 aliphatic heterocycles. The molecule has 0 aromatic heterocycles. The Morgan fingerprint density at radius 3 is 2.79 bits per heavy atom. The van der Waals surface area contributed by atoms with Crippen molar-refractivity contribution in [2.75, 3.05) is 5.32 Å². The number of rotatable bonds is 3. The van der Waals surface area contributed by atoms with Crippen molar-refractivity contribution in [1.29, 1.82) is 0 Å². The van der Waals surface area contributed by atoms with E-state index in [2.05, 4.69) is 35.1 Å². The summed E-state index contributed by atoms with van der Waals surface area (Å²) in [5, 5.41) is 14.5. The van der Waals surface area contributed by atoms with Gasteiger partial charge in [-0.25, -0.2) is 0 Å². The predicted octanol–water partition coefficient (Wildman–Crippen LogP) is 4.59. The molecule has 1 N–H and O–H groups in total. The van der Waals surface area contributed by atoms with E-state index in [0.29, 0.717) is 23.6 Å². The average molecular weight is 327 g/mol. The highest BCUT2D eigenvalue weighted by Gasteiger charge is 2.28. The van der Waals surface area contributed by atoms with Crippen molar-refractivity contribution < 1.29 is 4.92 Å². The topological polar surface area (TPSA) is 55.2 Å². The first-order valence-electron chi connectivity index (χ1n) is 6.69. The van der Waals surface area contributed by atoms with Crippen molar-refractivity contribution >= 4 is 27.3 Å². The van der Waals surface area contributed by atoms with Crippen LogP contribution in [0.1, 0.15) is 33.1 Å². The van der Waals surface area contributed by atoms with Crippen LogP contribution in [0.2, 0.25) is 0 Å². The van der Waals surface area contributed by atoms with Gasteiger partial charge in [0.15, 0.2) is 0 Å². The van der Waals surface area contributed by atoms with Crippen molar-refractivity contribution in [3.63, 3.8) is 0 Å². The number of nitro groups is 1. The second-order valence-electron chi connectivity index (χ2n) is 5.44. The maximum atomic E-state index is 11.1. The zero-order valence-electron chi connectivity index (χ0n) is 11.2. The summed E-state index contributed by atoms with van der Waals surface area (Å²) in [7, 11) is 0. The van der Waals surface area contributed by atoms with Gasteiger partial charge in [-0.1, -0.05) is 42.6 Å². The zero-order chi connectivity index (χ0) is 14.0. The Kier molecular flexibility index (Phi) is 4.45. The lowest BCUT2D eigenvalue weighted by Gasteiger charge is -2.35. The smallest absolute Gasteiger partial charge is 0.292 e. The molecule has 3 unspecified atom stereocenters. The van der Waals surface area contributed by atoms with Crippen molar-refractivity contribution in [3.8, 4) is 0 Å². The maximum absolute atomic E-state index is 11.1. The Balaban J connectivity index is 2.22. The van der Waals surface area contributed by atoms with Gasteiger partial charge in [-0.2, -0.15) is 0 Å². The van der Waals surface area contributed by atoms with E-state index >= 15 is 0 Å². The van der Waals surface area contributed by atoms with Gasteiger partial charge in [0, 0.05) is 16.6 Å². The minimum atomic E-state index is -0.328. The summed E-state index contributed by atoms with van der Waals surface area (Å²) in [6.07, 6.45) is 3.51. The SMILES string of the molecule is CC1CCCC(Nc2cc(Br)ccc2[N+](=O)[O-])C1C. The molecule has 0 radical (unpaired) electrons. The lowest BCUT2D eigenvalue weighted by Crippen LogP contribution is -2.35. The van der Waals surface area contributed by atoms with Crippen LogP contribution in [0.4, 0.5) is 11.4 Å². The van der Waals surface area contributed by atoms with Crippen LogP contribution in [0.3, 0.4) is 0 Å². The molecule has 0 spiro atoms. The first kappa shape index (κ1) is 14.3. The van der Waals surface area contributed by atoms with Crippen LogP contribution in [0, 0.1) is 22.0 Å². The number of nitro benzene ring substituents is 1. The average Bonchev–Trinajstić information content (AvgIpc) is 2.35. The summed E-state index contributed by atoms with van der Waals surface area (Å²) < 4.78 is 0.858. The Morgan fingerprint density at radius 2 is 2.11 bits per heavy atom. The van der Waals surface area contributed by atoms with Crippen LogP contribution in [0.5, 0.6) is 0 Å². The molecule has 3 atom stereocenters. The van der Waals surface area contributed by atoms with Crippen LogP contribution in [0.25, 0.3) is 0 Å². The van der Waals surface area contributed by atoms with Gasteiger partial charge in [0.2, 0.25) is 0 Å². The number of benzene rings is 1. The molecule has 1 aromatic rings. The number of nitrogens with one attached hydrogen (secondary N) is 1. The highest BCUT2D eigenvalue weighted by molar-refractivity contribution is 9.10. The summed E-state index contributed by atoms with van der Waals surface area (Å²) in [6, 6.07) is 5.36. The largest absolute Gasteiger partial charge is 0.376 e. The van der Waals surface area contributed by atoms with Crippen LogP contribution in [-0.2, 0) is 0 Å². The van der Waals surface area contributed by atoms with E-state index < -0.39 is 0 Å². The Bertz CT molecular complexity index is 479. The molecule has 1 aliphatic carbocycles. The zero-order valence-corrected chi connectivity index (χ0v) is 12.8. The minimum Gasteiger partial charge on any atom is -0.376 e. The van der Waals surface area contributed by atoms with Crippen LogP contribution in [-0.4, -0.2) is 11.0 Å². The van der Waals surface area contributed by atoms with E-state index in [1.807, 2.05) is 0 Å². The van der Waals surface area contributed by atoms with E-state index in [1.54, 1.807) is 18.2 Å². The second kappa shape index (κ2) is 5.90. The van der Waals surface area contributed by atoms with Crippen molar-refractivity contribution in [1.82, 2.24) is 0 Å². The normalized spacial score (nSPS) is 27.0. The summed E-state index contributed by atoms with van der Waals surface area (Å²) >= 11 is 3.37. The number of anilines is 1. The van der Waals surface area contributed by atoms with Gasteiger partial charge in [0.25, 0.3) is 5.69 Å². The molecular weight excluding hydrogens is 308 g/mol. The van der Waals surface area contributed by atoms with Crippen molar-refractivity contribution in [2.45, 2.75) is 39.2 Å². The summed E-state index contributed by atoms with van der Waals surface area (Å²) in [5.41, 5.74) is 0.763. The standard InChI is InChI=1S/C14H19BrN2O2/c1-9-4-3-5-12(10(9)2)16-13-8-11(15)6-7-14(13)17(18)19/h6-10,12,16H,3-5H2,1-2H3. The third-order valence-corrected chi connectivity index (χ3v) is 4.70. The molecule has 1 saturated carbocycles. The fourth-order valence-electron chi connectivity index (χ4n) is 2.77. The molecule has 0 amide bonds. The molecule has 1 fully saturated rings. The fraction of sp³-hybridized carbons (Fsp3) is 0.571. The van der Waals surface area contributed by atoms with Gasteiger partial charge in [-0.15, -0.1) is 0 Å². The predicted molar refractivity (Wildman–Crippen MR) is 80.4 cm³/mol. The maximum Gasteiger partial charge on any atom is 0.292 e. The van der Waals surface area contributed by atoms with Gasteiger partial charge in [-0.3, -0.25) is 10.1 Å². The third kappa shape index (κ3) is 3.26. The molecule has 104 valence electrons. The van der Waals surface area contributed by atoms with Gasteiger partial charge in [0.1, 0.15) is 5.69 Å². The molecule has 4 nitrogen and oxygen atoms in total. The minimum absolute atomic E-state index is 0.147. The number of halogens is 1. The highest BCUT2D eigenvalue weighted by Crippen LogP contribution is 2.35. The van der Waals surface area contributed by atoms with E-state index in [0.717, 1.165) is 10.9 Å². The molecule has 1 aliphatic rings. The number of hydrogen-bond acceptors (Lipinski definition) is 3. The van der Waals surface area contributed by atoms with E-state index in [-0.39, 0.29) is 10.6 Å². The third-order valence-electron chi connectivity index (χ3n) is 4.20. The fourth-order valence-corrected chi connectivity index (χ4v) is 3.13. The first-order valence-corrected chi connectivity index (χ1v) is 7.49. The monoisotopic (exact) mass is 326 g/mol. The van der Waals surface area contributed by atoms with Crippen LogP contribution >= 0.6 is 15.9 Å². The number of hydrogen-bond donors (Lipinski definition) is 1. The second-order valence-corrected chi connectivity index (χ2v) is 6.35. The van der Waals surface area contributed by atoms with Crippen molar-refractivity contribution in [2.24, 2.45) is 11.8 Å². The van der Waals surface area contributed by atoms with Gasteiger partial charge >= 0.3 is 0 Å². The molecule has 0 bridgehead atoms. The number of nitrogens with zero attached hydrogens (tertiary/aromatic N) is 1. The van der Waals surface area contributed by atoms with Gasteiger partial charge in [-0.05, 0) is 30.4 Å². The summed E-state index contributed by atoms with van der Waals surface area (Å²) in [5.74, 6) is 1.20.